The molecule has 94 valence electrons. The first kappa shape index (κ1) is 14.1. The minimum absolute atomic E-state index is 0.777. The minimum Gasteiger partial charge on any atom is -0.0710 e. The van der Waals surface area contributed by atoms with Crippen LogP contribution in [0.2, 0.25) is 0 Å². The Morgan fingerprint density at radius 2 is 2.12 bits per heavy atom. The lowest BCUT2D eigenvalue weighted by atomic mass is 9.97. The van der Waals surface area contributed by atoms with Gasteiger partial charge in [0.1, 0.15) is 0 Å². The summed E-state index contributed by atoms with van der Waals surface area (Å²) in [5.41, 5.74) is 6.51. The number of hydrogen-bond acceptors (Lipinski definition) is 0. The Morgan fingerprint density at radius 3 is 2.76 bits per heavy atom. The van der Waals surface area contributed by atoms with Crippen LogP contribution in [0.5, 0.6) is 0 Å². The molecule has 1 aromatic rings. The van der Waals surface area contributed by atoms with Crippen LogP contribution in [-0.4, -0.2) is 1.93 Å². The Bertz CT molecular complexity index is 396. The van der Waals surface area contributed by atoms with Gasteiger partial charge in [-0.2, -0.15) is 0 Å². The highest BCUT2D eigenvalue weighted by molar-refractivity contribution is 14.2. The van der Waals surface area contributed by atoms with Gasteiger partial charge in [-0.3, -0.25) is 0 Å². The summed E-state index contributed by atoms with van der Waals surface area (Å²) < 4.78 is 0.777. The molecule has 0 aliphatic heterocycles. The number of benzene rings is 1. The van der Waals surface area contributed by atoms with Crippen LogP contribution >= 0.6 is 45.2 Å². The summed E-state index contributed by atoms with van der Waals surface area (Å²) in [5, 5.41) is 0. The number of halogens is 2. The first-order valence-electron chi connectivity index (χ1n) is 6.52. The molecule has 2 rings (SSSR count). The summed E-state index contributed by atoms with van der Waals surface area (Å²) in [6.07, 6.45) is 6.52. The maximum atomic E-state index is 2.53. The normalized spacial score (nSPS) is 18.1. The molecule has 2 bridgehead atoms. The van der Waals surface area contributed by atoms with Crippen molar-refractivity contribution in [2.45, 2.75) is 53.8 Å². The van der Waals surface area contributed by atoms with Gasteiger partial charge >= 0.3 is 0 Å². The Balaban J connectivity index is 2.13. The topological polar surface area (TPSA) is 0 Å². The molecule has 1 aliphatic rings. The predicted molar refractivity (Wildman–Crippen MR) is 92.7 cm³/mol. The van der Waals surface area contributed by atoms with Gasteiger partial charge in [0, 0.05) is 0 Å². The van der Waals surface area contributed by atoms with Gasteiger partial charge in [-0.1, -0.05) is 70.7 Å². The van der Waals surface area contributed by atoms with E-state index in [9.17, 15) is 0 Å². The SMILES string of the molecule is CCCc1ccc2c(C)c1CC2CCC(I)I. The largest absolute Gasteiger partial charge is 0.0710 e. The standard InChI is InChI=1S/C15H20I2/c1-3-4-11-5-7-13-10(2)14(11)9-12(13)6-8-15(16)17/h5,7,12,15H,3-4,6,8-9H2,1-2H3. The van der Waals surface area contributed by atoms with Crippen LogP contribution in [0.1, 0.15) is 54.4 Å². The molecule has 0 spiro atoms. The molecule has 1 unspecified atom stereocenters. The van der Waals surface area contributed by atoms with E-state index in [-0.39, 0.29) is 0 Å². The summed E-state index contributed by atoms with van der Waals surface area (Å²) in [6.45, 7) is 4.61. The maximum Gasteiger partial charge on any atom is 0.0626 e. The van der Waals surface area contributed by atoms with Crippen molar-refractivity contribution >= 4 is 45.2 Å². The molecule has 0 radical (unpaired) electrons. The molecule has 0 aromatic heterocycles. The van der Waals surface area contributed by atoms with E-state index in [0.717, 1.165) is 7.85 Å². The number of aryl methyl sites for hydroxylation is 1. The quantitative estimate of drug-likeness (QED) is 0.404. The fourth-order valence-electron chi connectivity index (χ4n) is 3.00. The lowest BCUT2D eigenvalue weighted by Gasteiger charge is -2.11. The molecule has 0 N–H and O–H groups in total. The van der Waals surface area contributed by atoms with Crippen LogP contribution in [0.4, 0.5) is 0 Å². The van der Waals surface area contributed by atoms with Gasteiger partial charge in [-0.05, 0) is 60.8 Å². The zero-order chi connectivity index (χ0) is 12.4. The van der Waals surface area contributed by atoms with Gasteiger partial charge in [0.15, 0.2) is 0 Å². The van der Waals surface area contributed by atoms with Gasteiger partial charge in [0.2, 0.25) is 0 Å². The molecule has 0 nitrogen and oxygen atoms in total. The summed E-state index contributed by atoms with van der Waals surface area (Å²) in [7, 11) is 0. The molecule has 1 atom stereocenters. The lowest BCUT2D eigenvalue weighted by molar-refractivity contribution is 0.633. The van der Waals surface area contributed by atoms with E-state index in [1.54, 1.807) is 22.3 Å². The van der Waals surface area contributed by atoms with Gasteiger partial charge < -0.3 is 0 Å². The van der Waals surface area contributed by atoms with Crippen LogP contribution in [0, 0.1) is 6.92 Å². The number of rotatable bonds is 5. The summed E-state index contributed by atoms with van der Waals surface area (Å²) >= 11 is 5.06. The Hall–Kier alpha value is 0.680. The van der Waals surface area contributed by atoms with Crippen molar-refractivity contribution in [1.29, 1.82) is 0 Å². The highest BCUT2D eigenvalue weighted by atomic mass is 127. The molecule has 0 saturated carbocycles. The van der Waals surface area contributed by atoms with Crippen LogP contribution < -0.4 is 0 Å². The predicted octanol–water partition coefficient (Wildman–Crippen LogP) is 5.56. The summed E-state index contributed by atoms with van der Waals surface area (Å²) in [4.78, 5) is 0. The van der Waals surface area contributed by atoms with Crippen LogP contribution in [0.15, 0.2) is 12.1 Å². The van der Waals surface area contributed by atoms with Crippen LogP contribution in [-0.2, 0) is 12.8 Å². The molecule has 0 saturated heterocycles. The first-order chi connectivity index (χ1) is 8.13. The monoisotopic (exact) mass is 454 g/mol. The van der Waals surface area contributed by atoms with Gasteiger partial charge in [-0.25, -0.2) is 0 Å². The highest BCUT2D eigenvalue weighted by Crippen LogP contribution is 2.40. The second-order valence-electron chi connectivity index (χ2n) is 5.04. The van der Waals surface area contributed by atoms with Gasteiger partial charge in [0.25, 0.3) is 0 Å². The zero-order valence-electron chi connectivity index (χ0n) is 10.6. The molecule has 0 fully saturated rings. The zero-order valence-corrected chi connectivity index (χ0v) is 14.9. The molecule has 17 heavy (non-hydrogen) atoms. The fourth-order valence-corrected chi connectivity index (χ4v) is 3.72. The van der Waals surface area contributed by atoms with Crippen molar-refractivity contribution < 1.29 is 0 Å². The molecule has 2 heteroatoms. The first-order valence-corrected chi connectivity index (χ1v) is 9.02. The Labute approximate surface area is 132 Å². The maximum absolute atomic E-state index is 2.53. The number of fused-ring (bicyclic) bond motifs is 2. The van der Waals surface area contributed by atoms with Crippen LogP contribution in [0.25, 0.3) is 0 Å². The molecular formula is C15H20I2. The van der Waals surface area contributed by atoms with E-state index in [2.05, 4.69) is 71.2 Å². The number of alkyl halides is 2. The summed E-state index contributed by atoms with van der Waals surface area (Å²) in [6, 6.07) is 4.78. The average molecular weight is 454 g/mol. The van der Waals surface area contributed by atoms with Gasteiger partial charge in [0.05, 0.1) is 1.93 Å². The van der Waals surface area contributed by atoms with Crippen LogP contribution in [0.3, 0.4) is 0 Å². The fraction of sp³-hybridized carbons (Fsp3) is 0.600. The number of hydrogen-bond donors (Lipinski definition) is 0. The van der Waals surface area contributed by atoms with Crippen molar-refractivity contribution in [2.24, 2.45) is 0 Å². The average Bonchev–Trinajstić information content (AvgIpc) is 2.48. The molecule has 0 amide bonds. The smallest absolute Gasteiger partial charge is 0.0626 e. The lowest BCUT2D eigenvalue weighted by Crippen LogP contribution is -1.98. The van der Waals surface area contributed by atoms with E-state index in [0.29, 0.717) is 0 Å². The second kappa shape index (κ2) is 6.22. The van der Waals surface area contributed by atoms with E-state index in [1.807, 2.05) is 0 Å². The third-order valence-corrected chi connectivity index (χ3v) is 5.13. The van der Waals surface area contributed by atoms with E-state index >= 15 is 0 Å². The van der Waals surface area contributed by atoms with Crippen molar-refractivity contribution in [1.82, 2.24) is 0 Å². The molecule has 1 aliphatic carbocycles. The van der Waals surface area contributed by atoms with E-state index < -0.39 is 0 Å². The minimum atomic E-state index is 0.777. The van der Waals surface area contributed by atoms with E-state index in [1.165, 1.54) is 32.1 Å². The Kier molecular flexibility index (Phi) is 5.16. The third-order valence-electron chi connectivity index (χ3n) is 3.88. The van der Waals surface area contributed by atoms with E-state index in [4.69, 9.17) is 0 Å². The molecule has 1 aromatic carbocycles. The highest BCUT2D eigenvalue weighted by Gasteiger charge is 2.25. The molecular weight excluding hydrogens is 434 g/mol. The summed E-state index contributed by atoms with van der Waals surface area (Å²) in [5.74, 6) is 0.808. The molecule has 0 heterocycles. The second-order valence-corrected chi connectivity index (χ2v) is 10.4. The third kappa shape index (κ3) is 3.17. The van der Waals surface area contributed by atoms with Crippen molar-refractivity contribution in [2.75, 3.05) is 0 Å². The van der Waals surface area contributed by atoms with Crippen molar-refractivity contribution in [3.05, 3.63) is 34.4 Å². The Morgan fingerprint density at radius 1 is 1.35 bits per heavy atom. The van der Waals surface area contributed by atoms with Crippen molar-refractivity contribution in [3.63, 3.8) is 0 Å². The van der Waals surface area contributed by atoms with Crippen molar-refractivity contribution in [3.8, 4) is 0 Å². The van der Waals surface area contributed by atoms with Gasteiger partial charge in [-0.15, -0.1) is 0 Å².